The van der Waals surface area contributed by atoms with Crippen LogP contribution < -0.4 is 0 Å². The zero-order valence-corrected chi connectivity index (χ0v) is 9.69. The third-order valence-corrected chi connectivity index (χ3v) is 2.99. The predicted octanol–water partition coefficient (Wildman–Crippen LogP) is 1.25. The SMILES string of the molecule is CN(Cc1ccco1)CC1(O)CCOCC1. The fourth-order valence-corrected chi connectivity index (χ4v) is 2.14. The van der Waals surface area contributed by atoms with Crippen LogP contribution in [0, 0.1) is 0 Å². The van der Waals surface area contributed by atoms with E-state index in [1.54, 1.807) is 6.26 Å². The lowest BCUT2D eigenvalue weighted by Crippen LogP contribution is -2.45. The van der Waals surface area contributed by atoms with Gasteiger partial charge in [-0.25, -0.2) is 0 Å². The van der Waals surface area contributed by atoms with Crippen molar-refractivity contribution >= 4 is 0 Å². The summed E-state index contributed by atoms with van der Waals surface area (Å²) in [5.41, 5.74) is -0.598. The molecule has 1 fully saturated rings. The van der Waals surface area contributed by atoms with Crippen molar-refractivity contribution in [2.45, 2.75) is 25.0 Å². The van der Waals surface area contributed by atoms with Crippen LogP contribution in [-0.2, 0) is 11.3 Å². The van der Waals surface area contributed by atoms with Crippen molar-refractivity contribution in [2.24, 2.45) is 0 Å². The molecule has 0 spiro atoms. The van der Waals surface area contributed by atoms with Crippen molar-refractivity contribution in [3.05, 3.63) is 24.2 Å². The second kappa shape index (κ2) is 4.99. The van der Waals surface area contributed by atoms with E-state index in [-0.39, 0.29) is 0 Å². The number of rotatable bonds is 4. The maximum Gasteiger partial charge on any atom is 0.117 e. The van der Waals surface area contributed by atoms with Crippen LogP contribution in [0.1, 0.15) is 18.6 Å². The Bertz CT molecular complexity index is 304. The molecule has 1 aromatic rings. The van der Waals surface area contributed by atoms with E-state index in [0.717, 1.165) is 25.1 Å². The molecule has 0 bridgehead atoms. The second-order valence-electron chi connectivity index (χ2n) is 4.59. The largest absolute Gasteiger partial charge is 0.468 e. The molecule has 1 aliphatic rings. The van der Waals surface area contributed by atoms with E-state index in [4.69, 9.17) is 9.15 Å². The van der Waals surface area contributed by atoms with Crippen LogP contribution in [0.15, 0.2) is 22.8 Å². The van der Waals surface area contributed by atoms with E-state index in [0.29, 0.717) is 19.8 Å². The Kier molecular flexibility index (Phi) is 3.63. The van der Waals surface area contributed by atoms with Crippen LogP contribution in [0.4, 0.5) is 0 Å². The highest BCUT2D eigenvalue weighted by atomic mass is 16.5. The molecule has 4 heteroatoms. The monoisotopic (exact) mass is 225 g/mol. The van der Waals surface area contributed by atoms with Crippen molar-refractivity contribution in [3.8, 4) is 0 Å². The molecule has 2 rings (SSSR count). The summed E-state index contributed by atoms with van der Waals surface area (Å²) in [6, 6.07) is 3.83. The van der Waals surface area contributed by atoms with Crippen molar-refractivity contribution in [3.63, 3.8) is 0 Å². The predicted molar refractivity (Wildman–Crippen MR) is 60.0 cm³/mol. The minimum Gasteiger partial charge on any atom is -0.468 e. The van der Waals surface area contributed by atoms with E-state index in [1.165, 1.54) is 0 Å². The molecule has 2 heterocycles. The van der Waals surface area contributed by atoms with E-state index < -0.39 is 5.60 Å². The van der Waals surface area contributed by atoms with E-state index in [2.05, 4.69) is 4.90 Å². The first-order valence-electron chi connectivity index (χ1n) is 5.69. The van der Waals surface area contributed by atoms with Crippen molar-refractivity contribution in [1.29, 1.82) is 0 Å². The van der Waals surface area contributed by atoms with Crippen LogP contribution in [0.25, 0.3) is 0 Å². The molecule has 16 heavy (non-hydrogen) atoms. The summed E-state index contributed by atoms with van der Waals surface area (Å²) < 4.78 is 10.5. The van der Waals surface area contributed by atoms with Crippen LogP contribution in [0.5, 0.6) is 0 Å². The Morgan fingerprint density at radius 1 is 1.44 bits per heavy atom. The lowest BCUT2D eigenvalue weighted by atomic mass is 9.94. The Morgan fingerprint density at radius 3 is 2.81 bits per heavy atom. The van der Waals surface area contributed by atoms with Gasteiger partial charge in [0.25, 0.3) is 0 Å². The molecule has 0 aromatic carbocycles. The molecule has 0 aliphatic carbocycles. The molecular formula is C12H19NO3. The zero-order chi connectivity index (χ0) is 11.4. The van der Waals surface area contributed by atoms with Gasteiger partial charge in [-0.15, -0.1) is 0 Å². The van der Waals surface area contributed by atoms with E-state index in [1.807, 2.05) is 19.2 Å². The molecule has 0 saturated carbocycles. The number of ether oxygens (including phenoxy) is 1. The minimum atomic E-state index is -0.598. The van der Waals surface area contributed by atoms with Gasteiger partial charge < -0.3 is 14.3 Å². The highest BCUT2D eigenvalue weighted by Gasteiger charge is 2.31. The van der Waals surface area contributed by atoms with Crippen molar-refractivity contribution < 1.29 is 14.3 Å². The standard InChI is InChI=1S/C12H19NO3/c1-13(9-11-3-2-6-16-11)10-12(14)4-7-15-8-5-12/h2-3,6,14H,4-5,7-10H2,1H3. The molecule has 0 amide bonds. The van der Waals surface area contributed by atoms with Crippen LogP contribution in [0.2, 0.25) is 0 Å². The smallest absolute Gasteiger partial charge is 0.117 e. The molecule has 0 atom stereocenters. The summed E-state index contributed by atoms with van der Waals surface area (Å²) in [5.74, 6) is 0.929. The highest BCUT2D eigenvalue weighted by molar-refractivity contribution is 4.98. The quantitative estimate of drug-likeness (QED) is 0.837. The van der Waals surface area contributed by atoms with E-state index in [9.17, 15) is 5.11 Å². The van der Waals surface area contributed by atoms with Gasteiger partial charge in [0.05, 0.1) is 18.4 Å². The maximum atomic E-state index is 10.3. The first-order chi connectivity index (χ1) is 7.68. The molecule has 4 nitrogen and oxygen atoms in total. The van der Waals surface area contributed by atoms with Gasteiger partial charge in [-0.05, 0) is 19.2 Å². The van der Waals surface area contributed by atoms with Gasteiger partial charge in [-0.3, -0.25) is 4.90 Å². The number of aliphatic hydroxyl groups is 1. The average Bonchev–Trinajstić information content (AvgIpc) is 2.70. The fraction of sp³-hybridized carbons (Fsp3) is 0.667. The number of furan rings is 1. The lowest BCUT2D eigenvalue weighted by Gasteiger charge is -2.35. The number of nitrogens with zero attached hydrogens (tertiary/aromatic N) is 1. The highest BCUT2D eigenvalue weighted by Crippen LogP contribution is 2.21. The molecule has 1 N–H and O–H groups in total. The fourth-order valence-electron chi connectivity index (χ4n) is 2.14. The molecule has 1 aromatic heterocycles. The van der Waals surface area contributed by atoms with Gasteiger partial charge in [0.1, 0.15) is 5.76 Å². The van der Waals surface area contributed by atoms with Gasteiger partial charge >= 0.3 is 0 Å². The maximum absolute atomic E-state index is 10.3. The Hall–Kier alpha value is -0.840. The summed E-state index contributed by atoms with van der Waals surface area (Å²) in [4.78, 5) is 2.09. The third-order valence-electron chi connectivity index (χ3n) is 2.99. The first kappa shape index (κ1) is 11.6. The van der Waals surface area contributed by atoms with Gasteiger partial charge in [0, 0.05) is 32.6 Å². The molecule has 90 valence electrons. The summed E-state index contributed by atoms with van der Waals surface area (Å²) in [5, 5.41) is 10.3. The number of likely N-dealkylation sites (N-methyl/N-ethyl adjacent to an activating group) is 1. The lowest BCUT2D eigenvalue weighted by molar-refractivity contribution is -0.0782. The summed E-state index contributed by atoms with van der Waals surface area (Å²) in [6.07, 6.45) is 3.11. The zero-order valence-electron chi connectivity index (χ0n) is 9.69. The topological polar surface area (TPSA) is 45.8 Å². The Balaban J connectivity index is 1.84. The van der Waals surface area contributed by atoms with E-state index >= 15 is 0 Å². The summed E-state index contributed by atoms with van der Waals surface area (Å²) in [6.45, 7) is 2.71. The number of hydrogen-bond donors (Lipinski definition) is 1. The molecule has 1 aliphatic heterocycles. The molecule has 0 radical (unpaired) electrons. The average molecular weight is 225 g/mol. The minimum absolute atomic E-state index is 0.598. The van der Waals surface area contributed by atoms with Gasteiger partial charge in [-0.1, -0.05) is 0 Å². The summed E-state index contributed by atoms with van der Waals surface area (Å²) in [7, 11) is 2.00. The van der Waals surface area contributed by atoms with Crippen LogP contribution in [0.3, 0.4) is 0 Å². The van der Waals surface area contributed by atoms with Crippen LogP contribution in [-0.4, -0.2) is 42.4 Å². The first-order valence-corrected chi connectivity index (χ1v) is 5.69. The second-order valence-corrected chi connectivity index (χ2v) is 4.59. The number of hydrogen-bond acceptors (Lipinski definition) is 4. The van der Waals surface area contributed by atoms with Crippen molar-refractivity contribution in [2.75, 3.05) is 26.8 Å². The molecule has 1 saturated heterocycles. The Labute approximate surface area is 95.8 Å². The van der Waals surface area contributed by atoms with Crippen LogP contribution >= 0.6 is 0 Å². The van der Waals surface area contributed by atoms with Gasteiger partial charge in [0.2, 0.25) is 0 Å². The van der Waals surface area contributed by atoms with Crippen molar-refractivity contribution in [1.82, 2.24) is 4.90 Å². The molecule has 0 unspecified atom stereocenters. The third kappa shape index (κ3) is 3.07. The molecular weight excluding hydrogens is 206 g/mol. The normalized spacial score (nSPS) is 20.2. The summed E-state index contributed by atoms with van der Waals surface area (Å²) >= 11 is 0. The Morgan fingerprint density at radius 2 is 2.19 bits per heavy atom. The van der Waals surface area contributed by atoms with Gasteiger partial charge in [0.15, 0.2) is 0 Å². The van der Waals surface area contributed by atoms with Gasteiger partial charge in [-0.2, -0.15) is 0 Å².